The van der Waals surface area contributed by atoms with Gasteiger partial charge in [0.2, 0.25) is 17.6 Å². The third-order valence-electron chi connectivity index (χ3n) is 3.45. The summed E-state index contributed by atoms with van der Waals surface area (Å²) in [5.74, 6) is 0.441. The molecule has 1 aliphatic heterocycles. The Kier molecular flexibility index (Phi) is 5.88. The molecule has 0 atom stereocenters. The first-order valence-electron chi connectivity index (χ1n) is 7.52. The van der Waals surface area contributed by atoms with Crippen LogP contribution in [0.4, 0.5) is 23.3 Å². The van der Waals surface area contributed by atoms with Crippen molar-refractivity contribution in [1.82, 2.24) is 14.9 Å². The Balaban J connectivity index is 2.17. The number of hydrogen-bond donors (Lipinski definition) is 2. The first-order chi connectivity index (χ1) is 11.0. The zero-order valence-corrected chi connectivity index (χ0v) is 13.5. The predicted octanol–water partition coefficient (Wildman–Crippen LogP) is 0.167. The van der Waals surface area contributed by atoms with Gasteiger partial charge in [-0.2, -0.15) is 9.97 Å². The van der Waals surface area contributed by atoms with E-state index in [1.807, 2.05) is 19.0 Å². The van der Waals surface area contributed by atoms with Crippen LogP contribution in [0.3, 0.4) is 0 Å². The van der Waals surface area contributed by atoms with Crippen molar-refractivity contribution in [2.24, 2.45) is 0 Å². The second-order valence-corrected chi connectivity index (χ2v) is 5.54. The van der Waals surface area contributed by atoms with Gasteiger partial charge in [0.05, 0.1) is 18.1 Å². The van der Waals surface area contributed by atoms with Crippen molar-refractivity contribution < 1.29 is 9.66 Å². The Hall–Kier alpha value is -2.20. The monoisotopic (exact) mass is 325 g/mol. The average molecular weight is 325 g/mol. The lowest BCUT2D eigenvalue weighted by molar-refractivity contribution is -0.383. The summed E-state index contributed by atoms with van der Waals surface area (Å²) < 4.78 is 5.28. The topological polar surface area (TPSA) is 123 Å². The Morgan fingerprint density at radius 2 is 2.09 bits per heavy atom. The minimum Gasteiger partial charge on any atom is -0.378 e. The number of hydrogen-bond acceptors (Lipinski definition) is 9. The second kappa shape index (κ2) is 7.88. The molecule has 10 heteroatoms. The summed E-state index contributed by atoms with van der Waals surface area (Å²) in [5, 5.41) is 14.4. The zero-order valence-electron chi connectivity index (χ0n) is 13.5. The van der Waals surface area contributed by atoms with Crippen LogP contribution in [0.5, 0.6) is 0 Å². The predicted molar refractivity (Wildman–Crippen MR) is 87.8 cm³/mol. The van der Waals surface area contributed by atoms with E-state index in [1.54, 1.807) is 0 Å². The lowest BCUT2D eigenvalue weighted by Gasteiger charge is -2.27. The van der Waals surface area contributed by atoms with Crippen LogP contribution in [0.15, 0.2) is 0 Å². The third kappa shape index (κ3) is 4.63. The van der Waals surface area contributed by atoms with Crippen LogP contribution in [0, 0.1) is 10.1 Å². The molecule has 0 bridgehead atoms. The summed E-state index contributed by atoms with van der Waals surface area (Å²) in [6.45, 7) is 3.68. The Morgan fingerprint density at radius 1 is 1.39 bits per heavy atom. The number of nitrogens with one attached hydrogen (secondary N) is 1. The number of anilines is 3. The van der Waals surface area contributed by atoms with Gasteiger partial charge in [-0.3, -0.25) is 10.1 Å². The molecular formula is C13H23N7O3. The van der Waals surface area contributed by atoms with Gasteiger partial charge >= 0.3 is 5.69 Å². The van der Waals surface area contributed by atoms with Crippen LogP contribution in [0.1, 0.15) is 6.42 Å². The number of morpholine rings is 1. The summed E-state index contributed by atoms with van der Waals surface area (Å²) in [6, 6.07) is 0. The quantitative estimate of drug-likeness (QED) is 0.410. The largest absolute Gasteiger partial charge is 0.378 e. The van der Waals surface area contributed by atoms with E-state index in [4.69, 9.17) is 10.5 Å². The van der Waals surface area contributed by atoms with E-state index in [0.29, 0.717) is 38.8 Å². The highest BCUT2D eigenvalue weighted by atomic mass is 16.6. The number of rotatable bonds is 7. The molecule has 0 amide bonds. The van der Waals surface area contributed by atoms with Gasteiger partial charge in [0.1, 0.15) is 0 Å². The van der Waals surface area contributed by atoms with E-state index >= 15 is 0 Å². The Bertz CT molecular complexity index is 547. The molecule has 10 nitrogen and oxygen atoms in total. The fourth-order valence-electron chi connectivity index (χ4n) is 2.31. The van der Waals surface area contributed by atoms with Crippen molar-refractivity contribution in [2.45, 2.75) is 6.42 Å². The highest BCUT2D eigenvalue weighted by molar-refractivity contribution is 5.71. The van der Waals surface area contributed by atoms with Crippen LogP contribution < -0.4 is 16.0 Å². The molecule has 128 valence electrons. The van der Waals surface area contributed by atoms with Gasteiger partial charge in [-0.15, -0.1) is 0 Å². The second-order valence-electron chi connectivity index (χ2n) is 5.54. The Morgan fingerprint density at radius 3 is 2.70 bits per heavy atom. The molecule has 0 unspecified atom stereocenters. The third-order valence-corrected chi connectivity index (χ3v) is 3.45. The van der Waals surface area contributed by atoms with Gasteiger partial charge in [-0.25, -0.2) is 0 Å². The van der Waals surface area contributed by atoms with E-state index in [-0.39, 0.29) is 17.3 Å². The van der Waals surface area contributed by atoms with Gasteiger partial charge in [-0.05, 0) is 27.1 Å². The summed E-state index contributed by atoms with van der Waals surface area (Å²) in [4.78, 5) is 23.0. The maximum Gasteiger partial charge on any atom is 0.353 e. The number of nitro groups is 1. The molecule has 23 heavy (non-hydrogen) atoms. The molecule has 0 aliphatic carbocycles. The van der Waals surface area contributed by atoms with Crippen molar-refractivity contribution >= 4 is 23.3 Å². The summed E-state index contributed by atoms with van der Waals surface area (Å²) in [7, 11) is 3.99. The lowest BCUT2D eigenvalue weighted by Crippen LogP contribution is -2.37. The SMILES string of the molecule is CN(C)CCCNc1nc(N)c([N+](=O)[O-])c(N2CCOCC2)n1. The summed E-state index contributed by atoms with van der Waals surface area (Å²) in [5.41, 5.74) is 5.54. The van der Waals surface area contributed by atoms with Gasteiger partial charge < -0.3 is 25.6 Å². The standard InChI is InChI=1S/C13H23N7O3/c1-18(2)5-3-4-15-13-16-11(14)10(20(21)22)12(17-13)19-6-8-23-9-7-19/h3-9H2,1-2H3,(H3,14,15,16,17). The van der Waals surface area contributed by atoms with Gasteiger partial charge in [0, 0.05) is 19.6 Å². The Labute approximate surface area is 134 Å². The maximum absolute atomic E-state index is 11.3. The maximum atomic E-state index is 11.3. The molecular weight excluding hydrogens is 302 g/mol. The van der Waals surface area contributed by atoms with Crippen LogP contribution >= 0.6 is 0 Å². The number of aromatic nitrogens is 2. The lowest BCUT2D eigenvalue weighted by atomic mass is 10.3. The van der Waals surface area contributed by atoms with E-state index < -0.39 is 4.92 Å². The minimum absolute atomic E-state index is 0.124. The summed E-state index contributed by atoms with van der Waals surface area (Å²) in [6.07, 6.45) is 0.903. The number of nitrogen functional groups attached to an aromatic ring is 1. The molecule has 0 radical (unpaired) electrons. The van der Waals surface area contributed by atoms with E-state index in [0.717, 1.165) is 13.0 Å². The van der Waals surface area contributed by atoms with Crippen LogP contribution in [0.2, 0.25) is 0 Å². The minimum atomic E-state index is -0.532. The van der Waals surface area contributed by atoms with Crippen molar-refractivity contribution in [2.75, 3.05) is 69.4 Å². The fraction of sp³-hybridized carbons (Fsp3) is 0.692. The summed E-state index contributed by atoms with van der Waals surface area (Å²) >= 11 is 0. The van der Waals surface area contributed by atoms with Crippen molar-refractivity contribution in [3.63, 3.8) is 0 Å². The molecule has 3 N–H and O–H groups in total. The highest BCUT2D eigenvalue weighted by Gasteiger charge is 2.28. The van der Waals surface area contributed by atoms with Gasteiger partial charge in [-0.1, -0.05) is 0 Å². The fourth-order valence-corrected chi connectivity index (χ4v) is 2.31. The molecule has 1 fully saturated rings. The van der Waals surface area contributed by atoms with Crippen LogP contribution in [-0.4, -0.2) is 73.3 Å². The number of nitrogens with zero attached hydrogens (tertiary/aromatic N) is 5. The first kappa shape index (κ1) is 17.2. The van der Waals surface area contributed by atoms with Crippen molar-refractivity contribution in [3.05, 3.63) is 10.1 Å². The normalized spacial score (nSPS) is 15.0. The molecule has 2 heterocycles. The van der Waals surface area contributed by atoms with E-state index in [2.05, 4.69) is 20.2 Å². The number of ether oxygens (including phenoxy) is 1. The van der Waals surface area contributed by atoms with Gasteiger partial charge in [0.25, 0.3) is 0 Å². The van der Waals surface area contributed by atoms with Gasteiger partial charge in [0.15, 0.2) is 0 Å². The molecule has 0 saturated carbocycles. The molecule has 1 aromatic rings. The van der Waals surface area contributed by atoms with Crippen LogP contribution in [-0.2, 0) is 4.74 Å². The number of nitrogens with two attached hydrogens (primary N) is 1. The van der Waals surface area contributed by atoms with Crippen LogP contribution in [0.25, 0.3) is 0 Å². The first-order valence-corrected chi connectivity index (χ1v) is 7.52. The molecule has 0 spiro atoms. The molecule has 1 saturated heterocycles. The molecule has 0 aromatic carbocycles. The highest BCUT2D eigenvalue weighted by Crippen LogP contribution is 2.32. The van der Waals surface area contributed by atoms with E-state index in [9.17, 15) is 10.1 Å². The average Bonchev–Trinajstić information content (AvgIpc) is 2.51. The molecule has 1 aromatic heterocycles. The molecule has 1 aliphatic rings. The zero-order chi connectivity index (χ0) is 16.8. The smallest absolute Gasteiger partial charge is 0.353 e. The molecule has 2 rings (SSSR count). The van der Waals surface area contributed by atoms with Crippen molar-refractivity contribution in [3.8, 4) is 0 Å². The van der Waals surface area contributed by atoms with Crippen molar-refractivity contribution in [1.29, 1.82) is 0 Å². The van der Waals surface area contributed by atoms with E-state index in [1.165, 1.54) is 0 Å².